The summed E-state index contributed by atoms with van der Waals surface area (Å²) in [4.78, 5) is 0. The second-order valence-corrected chi connectivity index (χ2v) is 5.06. The Labute approximate surface area is 104 Å². The molecule has 17 heavy (non-hydrogen) atoms. The molecule has 0 saturated heterocycles. The maximum Gasteiger partial charge on any atom is 0.0666 e. The summed E-state index contributed by atoms with van der Waals surface area (Å²) in [6.07, 6.45) is 4.29. The maximum atomic E-state index is 5.49. The van der Waals surface area contributed by atoms with E-state index in [1.54, 1.807) is 0 Å². The number of rotatable bonds is 8. The summed E-state index contributed by atoms with van der Waals surface area (Å²) in [5, 5.41) is 7.71. The van der Waals surface area contributed by atoms with Gasteiger partial charge < -0.3 is 10.1 Å². The predicted octanol–water partition coefficient (Wildman–Crippen LogP) is 2.05. The van der Waals surface area contributed by atoms with E-state index in [0.29, 0.717) is 5.92 Å². The lowest BCUT2D eigenvalue weighted by atomic mass is 10.2. The molecule has 0 amide bonds. The standard InChI is InChI=1S/C13H25N3O/c1-11(2)7-14-8-13-9-15-16(10-13)5-6-17-12(3)4/h9-12,14H,5-8H2,1-4H3. The molecule has 0 fully saturated rings. The largest absolute Gasteiger partial charge is 0.377 e. The molecule has 1 rings (SSSR count). The van der Waals surface area contributed by atoms with Gasteiger partial charge in [-0.15, -0.1) is 0 Å². The molecule has 0 bridgehead atoms. The SMILES string of the molecule is CC(C)CNCc1cnn(CCOC(C)C)c1. The van der Waals surface area contributed by atoms with Gasteiger partial charge in [-0.05, 0) is 26.3 Å². The van der Waals surface area contributed by atoms with E-state index in [1.165, 1.54) is 5.56 Å². The number of nitrogens with one attached hydrogen (secondary N) is 1. The topological polar surface area (TPSA) is 39.1 Å². The van der Waals surface area contributed by atoms with Crippen molar-refractivity contribution in [2.24, 2.45) is 5.92 Å². The van der Waals surface area contributed by atoms with Crippen molar-refractivity contribution in [2.45, 2.75) is 46.9 Å². The normalized spacial score (nSPS) is 11.6. The zero-order chi connectivity index (χ0) is 12.7. The minimum absolute atomic E-state index is 0.290. The zero-order valence-electron chi connectivity index (χ0n) is 11.4. The first-order valence-electron chi connectivity index (χ1n) is 6.41. The van der Waals surface area contributed by atoms with Crippen molar-refractivity contribution in [1.29, 1.82) is 0 Å². The Hall–Kier alpha value is -0.870. The molecular formula is C13H25N3O. The lowest BCUT2D eigenvalue weighted by Gasteiger charge is -2.07. The first-order valence-corrected chi connectivity index (χ1v) is 6.41. The van der Waals surface area contributed by atoms with Gasteiger partial charge in [0.2, 0.25) is 0 Å². The van der Waals surface area contributed by atoms with Gasteiger partial charge in [-0.25, -0.2) is 0 Å². The summed E-state index contributed by atoms with van der Waals surface area (Å²) < 4.78 is 7.43. The van der Waals surface area contributed by atoms with E-state index in [2.05, 4.69) is 30.5 Å². The van der Waals surface area contributed by atoms with Gasteiger partial charge >= 0.3 is 0 Å². The summed E-state index contributed by atoms with van der Waals surface area (Å²) in [6, 6.07) is 0. The highest BCUT2D eigenvalue weighted by atomic mass is 16.5. The lowest BCUT2D eigenvalue weighted by molar-refractivity contribution is 0.0709. The molecule has 0 spiro atoms. The Bertz CT molecular complexity index is 279. The number of aromatic nitrogens is 2. The molecule has 1 aromatic heterocycles. The fraction of sp³-hybridized carbons (Fsp3) is 0.769. The second kappa shape index (κ2) is 7.45. The third kappa shape index (κ3) is 6.44. The Balaban J connectivity index is 2.23. The van der Waals surface area contributed by atoms with E-state index in [0.717, 1.165) is 26.2 Å². The molecule has 0 radical (unpaired) electrons. The molecule has 0 aliphatic rings. The molecule has 4 heteroatoms. The Kier molecular flexibility index (Phi) is 6.22. The van der Waals surface area contributed by atoms with E-state index < -0.39 is 0 Å². The first-order chi connectivity index (χ1) is 8.08. The molecule has 1 N–H and O–H groups in total. The van der Waals surface area contributed by atoms with Crippen LogP contribution in [-0.4, -0.2) is 29.0 Å². The van der Waals surface area contributed by atoms with E-state index in [1.807, 2.05) is 24.7 Å². The van der Waals surface area contributed by atoms with Gasteiger partial charge in [0.05, 0.1) is 25.5 Å². The number of ether oxygens (including phenoxy) is 1. The van der Waals surface area contributed by atoms with Gasteiger partial charge in [-0.3, -0.25) is 4.68 Å². The molecule has 0 aromatic carbocycles. The van der Waals surface area contributed by atoms with Crippen molar-refractivity contribution in [3.05, 3.63) is 18.0 Å². The summed E-state index contributed by atoms with van der Waals surface area (Å²) in [6.45, 7) is 12.0. The molecule has 0 saturated carbocycles. The van der Waals surface area contributed by atoms with Crippen LogP contribution < -0.4 is 5.32 Å². The van der Waals surface area contributed by atoms with Gasteiger partial charge in [-0.2, -0.15) is 5.10 Å². The quantitative estimate of drug-likeness (QED) is 0.754. The Morgan fingerprint density at radius 3 is 2.76 bits per heavy atom. The van der Waals surface area contributed by atoms with E-state index in [4.69, 9.17) is 4.74 Å². The molecule has 0 unspecified atom stereocenters. The first kappa shape index (κ1) is 14.2. The van der Waals surface area contributed by atoms with Gasteiger partial charge in [0.1, 0.15) is 0 Å². The Morgan fingerprint density at radius 2 is 2.12 bits per heavy atom. The smallest absolute Gasteiger partial charge is 0.0666 e. The average molecular weight is 239 g/mol. The van der Waals surface area contributed by atoms with Crippen LogP contribution in [0, 0.1) is 5.92 Å². The third-order valence-corrected chi connectivity index (χ3v) is 2.34. The summed E-state index contributed by atoms with van der Waals surface area (Å²) in [5.74, 6) is 0.685. The van der Waals surface area contributed by atoms with Gasteiger partial charge in [0.25, 0.3) is 0 Å². The van der Waals surface area contributed by atoms with Gasteiger partial charge in [0.15, 0.2) is 0 Å². The van der Waals surface area contributed by atoms with Crippen LogP contribution in [-0.2, 0) is 17.8 Å². The van der Waals surface area contributed by atoms with E-state index in [-0.39, 0.29) is 6.10 Å². The van der Waals surface area contributed by atoms with Crippen LogP contribution in [0.1, 0.15) is 33.3 Å². The van der Waals surface area contributed by atoms with E-state index in [9.17, 15) is 0 Å². The minimum Gasteiger partial charge on any atom is -0.377 e. The molecule has 4 nitrogen and oxygen atoms in total. The highest BCUT2D eigenvalue weighted by molar-refractivity contribution is 5.03. The Morgan fingerprint density at radius 1 is 1.35 bits per heavy atom. The van der Waals surface area contributed by atoms with Crippen molar-refractivity contribution >= 4 is 0 Å². The highest BCUT2D eigenvalue weighted by Crippen LogP contribution is 1.99. The highest BCUT2D eigenvalue weighted by Gasteiger charge is 2.00. The van der Waals surface area contributed by atoms with Crippen molar-refractivity contribution in [1.82, 2.24) is 15.1 Å². The second-order valence-electron chi connectivity index (χ2n) is 5.06. The number of nitrogens with zero attached hydrogens (tertiary/aromatic N) is 2. The van der Waals surface area contributed by atoms with Crippen LogP contribution in [0.3, 0.4) is 0 Å². The van der Waals surface area contributed by atoms with Crippen molar-refractivity contribution < 1.29 is 4.74 Å². The summed E-state index contributed by atoms with van der Waals surface area (Å²) in [5.41, 5.74) is 1.23. The average Bonchev–Trinajstić information content (AvgIpc) is 2.65. The van der Waals surface area contributed by atoms with Crippen LogP contribution in [0.5, 0.6) is 0 Å². The number of hydrogen-bond acceptors (Lipinski definition) is 3. The van der Waals surface area contributed by atoms with Crippen LogP contribution in [0.15, 0.2) is 12.4 Å². The van der Waals surface area contributed by atoms with E-state index >= 15 is 0 Å². The maximum absolute atomic E-state index is 5.49. The molecule has 0 atom stereocenters. The molecule has 1 aromatic rings. The molecule has 0 aliphatic carbocycles. The van der Waals surface area contributed by atoms with Crippen molar-refractivity contribution in [2.75, 3.05) is 13.2 Å². The third-order valence-electron chi connectivity index (χ3n) is 2.34. The number of hydrogen-bond donors (Lipinski definition) is 1. The fourth-order valence-corrected chi connectivity index (χ4v) is 1.51. The molecule has 1 heterocycles. The van der Waals surface area contributed by atoms with Crippen LogP contribution in [0.4, 0.5) is 0 Å². The lowest BCUT2D eigenvalue weighted by Crippen LogP contribution is -2.18. The fourth-order valence-electron chi connectivity index (χ4n) is 1.51. The monoisotopic (exact) mass is 239 g/mol. The zero-order valence-corrected chi connectivity index (χ0v) is 11.4. The molecule has 0 aliphatic heterocycles. The van der Waals surface area contributed by atoms with Crippen LogP contribution >= 0.6 is 0 Å². The summed E-state index contributed by atoms with van der Waals surface area (Å²) >= 11 is 0. The van der Waals surface area contributed by atoms with Crippen molar-refractivity contribution in [3.8, 4) is 0 Å². The van der Waals surface area contributed by atoms with Crippen molar-refractivity contribution in [3.63, 3.8) is 0 Å². The van der Waals surface area contributed by atoms with Crippen LogP contribution in [0.25, 0.3) is 0 Å². The van der Waals surface area contributed by atoms with Gasteiger partial charge in [-0.1, -0.05) is 13.8 Å². The minimum atomic E-state index is 0.290. The molecular weight excluding hydrogens is 214 g/mol. The van der Waals surface area contributed by atoms with Gasteiger partial charge in [0, 0.05) is 18.3 Å². The van der Waals surface area contributed by atoms with Crippen LogP contribution in [0.2, 0.25) is 0 Å². The summed E-state index contributed by atoms with van der Waals surface area (Å²) in [7, 11) is 0. The predicted molar refractivity (Wildman–Crippen MR) is 69.9 cm³/mol. The molecule has 98 valence electrons.